The van der Waals surface area contributed by atoms with Gasteiger partial charge in [-0.15, -0.1) is 0 Å². The summed E-state index contributed by atoms with van der Waals surface area (Å²) in [6.45, 7) is 2.10. The maximum absolute atomic E-state index is 13.3. The van der Waals surface area contributed by atoms with Crippen molar-refractivity contribution in [3.05, 3.63) is 45.0 Å². The van der Waals surface area contributed by atoms with Gasteiger partial charge in [-0.3, -0.25) is 0 Å². The summed E-state index contributed by atoms with van der Waals surface area (Å²) in [6, 6.07) is 2.27. The number of rotatable bonds is 9. The summed E-state index contributed by atoms with van der Waals surface area (Å²) in [5.74, 6) is -4.67. The Hall–Kier alpha value is -2.65. The maximum atomic E-state index is 13.3. The number of hydrogen-bond acceptors (Lipinski definition) is 6. The van der Waals surface area contributed by atoms with E-state index in [1.54, 1.807) is 25.1 Å². The van der Waals surface area contributed by atoms with Crippen LogP contribution in [0.3, 0.4) is 0 Å². The molecule has 1 heterocycles. The summed E-state index contributed by atoms with van der Waals surface area (Å²) in [6.07, 6.45) is -5.81. The van der Waals surface area contributed by atoms with Crippen LogP contribution in [-0.4, -0.2) is 37.8 Å². The summed E-state index contributed by atoms with van der Waals surface area (Å²) < 4.78 is 111. The first-order valence-electron chi connectivity index (χ1n) is 9.46. The number of alkyl halides is 7. The predicted molar refractivity (Wildman–Crippen MR) is 114 cm³/mol. The first kappa shape index (κ1) is 26.0. The highest BCUT2D eigenvalue weighted by molar-refractivity contribution is 14.1. The second-order valence-corrected chi connectivity index (χ2v) is 7.92. The normalized spacial score (nSPS) is 13.9. The van der Waals surface area contributed by atoms with Crippen molar-refractivity contribution in [2.24, 2.45) is 5.10 Å². The Morgan fingerprint density at radius 3 is 2.41 bits per heavy atom. The van der Waals surface area contributed by atoms with E-state index < -0.39 is 18.1 Å². The summed E-state index contributed by atoms with van der Waals surface area (Å²) >= 11 is 1.87. The minimum atomic E-state index is -6.46. The molecule has 0 amide bonds. The van der Waals surface area contributed by atoms with Crippen molar-refractivity contribution in [3.63, 3.8) is 0 Å². The molecule has 3 rings (SSSR count). The molecule has 2 aromatic carbocycles. The van der Waals surface area contributed by atoms with Crippen molar-refractivity contribution < 1.29 is 49.7 Å². The number of nitrogens with one attached hydrogen (secondary N) is 1. The third kappa shape index (κ3) is 5.52. The van der Waals surface area contributed by atoms with Crippen LogP contribution in [0, 0.1) is 3.57 Å². The van der Waals surface area contributed by atoms with Crippen LogP contribution in [0.2, 0.25) is 0 Å². The standard InChI is InChI=1S/C20H16F7IN2O4/c1-2-31-16-7-12(8-29-30-20(26,27)18(21,22)19(23,24)25)5-13(28)17(16)32-9-11-3-4-14-15(6-11)34-10-33-14/h3-8,30H,2,9-10H2,1H3/b29-8+. The van der Waals surface area contributed by atoms with Crippen LogP contribution < -0.4 is 24.4 Å². The van der Waals surface area contributed by atoms with Gasteiger partial charge in [0, 0.05) is 0 Å². The Morgan fingerprint density at radius 1 is 1.03 bits per heavy atom. The van der Waals surface area contributed by atoms with Crippen molar-refractivity contribution in [2.45, 2.75) is 31.7 Å². The largest absolute Gasteiger partial charge is 0.490 e. The van der Waals surface area contributed by atoms with Gasteiger partial charge in [-0.05, 0) is 64.9 Å². The quantitative estimate of drug-likeness (QED) is 0.130. The molecular formula is C20H16F7IN2O4. The molecule has 0 atom stereocenters. The van der Waals surface area contributed by atoms with E-state index in [2.05, 4.69) is 5.10 Å². The van der Waals surface area contributed by atoms with Gasteiger partial charge < -0.3 is 18.9 Å². The van der Waals surface area contributed by atoms with E-state index in [1.165, 1.54) is 12.1 Å². The van der Waals surface area contributed by atoms with Gasteiger partial charge in [0.05, 0.1) is 16.4 Å². The number of hydrazone groups is 1. The lowest BCUT2D eigenvalue weighted by Gasteiger charge is -2.27. The van der Waals surface area contributed by atoms with E-state index >= 15 is 0 Å². The molecule has 34 heavy (non-hydrogen) atoms. The molecule has 0 aliphatic carbocycles. The monoisotopic (exact) mass is 608 g/mol. The number of ether oxygens (including phenoxy) is 4. The van der Waals surface area contributed by atoms with Crippen LogP contribution in [0.4, 0.5) is 30.7 Å². The highest BCUT2D eigenvalue weighted by Gasteiger charge is 2.73. The fourth-order valence-electron chi connectivity index (χ4n) is 2.69. The molecular weight excluding hydrogens is 592 g/mol. The Balaban J connectivity index is 1.75. The average Bonchev–Trinajstić information content (AvgIpc) is 3.20. The Morgan fingerprint density at radius 2 is 1.74 bits per heavy atom. The van der Waals surface area contributed by atoms with Gasteiger partial charge in [-0.2, -0.15) is 35.8 Å². The van der Waals surface area contributed by atoms with Gasteiger partial charge in [-0.1, -0.05) is 6.07 Å². The summed E-state index contributed by atoms with van der Waals surface area (Å²) in [7, 11) is 0. The minimum absolute atomic E-state index is 0.0851. The maximum Gasteiger partial charge on any atom is 0.462 e. The van der Waals surface area contributed by atoms with E-state index in [1.807, 2.05) is 22.6 Å². The van der Waals surface area contributed by atoms with E-state index in [0.29, 0.717) is 32.5 Å². The lowest BCUT2D eigenvalue weighted by molar-refractivity contribution is -0.361. The van der Waals surface area contributed by atoms with Gasteiger partial charge in [-0.25, -0.2) is 5.43 Å². The highest BCUT2D eigenvalue weighted by atomic mass is 127. The van der Waals surface area contributed by atoms with Crippen molar-refractivity contribution in [2.75, 3.05) is 13.4 Å². The summed E-state index contributed by atoms with van der Waals surface area (Å²) in [5.41, 5.74) is 1.42. The molecule has 1 N–H and O–H groups in total. The first-order valence-corrected chi connectivity index (χ1v) is 10.5. The van der Waals surface area contributed by atoms with Crippen molar-refractivity contribution >= 4 is 28.8 Å². The zero-order chi connectivity index (χ0) is 25.1. The van der Waals surface area contributed by atoms with Gasteiger partial charge in [0.1, 0.15) is 6.61 Å². The minimum Gasteiger partial charge on any atom is -0.490 e. The SMILES string of the molecule is CCOc1cc(/C=N/NC(F)(F)C(F)(F)C(F)(F)F)cc(I)c1OCc1ccc2c(c1)OCO2. The van der Waals surface area contributed by atoms with Crippen LogP contribution in [-0.2, 0) is 6.61 Å². The lowest BCUT2D eigenvalue weighted by Crippen LogP contribution is -2.58. The molecule has 0 fully saturated rings. The molecule has 0 radical (unpaired) electrons. The van der Waals surface area contributed by atoms with E-state index in [0.717, 1.165) is 5.56 Å². The predicted octanol–water partition coefficient (Wildman–Crippen LogP) is 5.71. The molecule has 0 saturated heterocycles. The Bertz CT molecular complexity index is 1060. The number of nitrogens with zero attached hydrogens (tertiary/aromatic N) is 1. The Kier molecular flexibility index (Phi) is 7.57. The van der Waals surface area contributed by atoms with E-state index in [9.17, 15) is 30.7 Å². The molecule has 14 heteroatoms. The molecule has 0 unspecified atom stereocenters. The third-order valence-corrected chi connectivity index (χ3v) is 5.12. The fraction of sp³-hybridized carbons (Fsp3) is 0.350. The van der Waals surface area contributed by atoms with Crippen molar-refractivity contribution in [1.29, 1.82) is 0 Å². The third-order valence-electron chi connectivity index (χ3n) is 4.32. The van der Waals surface area contributed by atoms with E-state index in [4.69, 9.17) is 18.9 Å². The molecule has 6 nitrogen and oxygen atoms in total. The average molecular weight is 608 g/mol. The molecule has 0 aromatic heterocycles. The van der Waals surface area contributed by atoms with Crippen molar-refractivity contribution in [1.82, 2.24) is 5.43 Å². The highest BCUT2D eigenvalue weighted by Crippen LogP contribution is 2.45. The molecule has 0 bridgehead atoms. The molecule has 1 aliphatic heterocycles. The number of benzene rings is 2. The van der Waals surface area contributed by atoms with Crippen LogP contribution in [0.15, 0.2) is 35.4 Å². The second kappa shape index (κ2) is 9.92. The Labute approximate surface area is 202 Å². The number of halogens is 8. The van der Waals surface area contributed by atoms with Crippen LogP contribution >= 0.6 is 22.6 Å². The zero-order valence-corrected chi connectivity index (χ0v) is 19.3. The summed E-state index contributed by atoms with van der Waals surface area (Å²) in [5, 5.41) is 2.86. The van der Waals surface area contributed by atoms with Gasteiger partial charge >= 0.3 is 18.1 Å². The molecule has 2 aromatic rings. The molecule has 0 saturated carbocycles. The van der Waals surface area contributed by atoms with Crippen LogP contribution in [0.1, 0.15) is 18.1 Å². The van der Waals surface area contributed by atoms with Crippen LogP contribution in [0.5, 0.6) is 23.0 Å². The smallest absolute Gasteiger partial charge is 0.462 e. The molecule has 0 spiro atoms. The van der Waals surface area contributed by atoms with Crippen LogP contribution in [0.25, 0.3) is 0 Å². The van der Waals surface area contributed by atoms with E-state index in [-0.39, 0.29) is 31.3 Å². The lowest BCUT2D eigenvalue weighted by atomic mass is 10.2. The van der Waals surface area contributed by atoms with Gasteiger partial charge in [0.2, 0.25) is 6.79 Å². The van der Waals surface area contributed by atoms with Crippen molar-refractivity contribution in [3.8, 4) is 23.0 Å². The zero-order valence-electron chi connectivity index (χ0n) is 17.2. The number of fused-ring (bicyclic) bond motifs is 1. The first-order chi connectivity index (χ1) is 15.9. The number of hydrogen-bond donors (Lipinski definition) is 1. The summed E-state index contributed by atoms with van der Waals surface area (Å²) in [4.78, 5) is 0. The molecule has 1 aliphatic rings. The topological polar surface area (TPSA) is 61.3 Å². The fourth-order valence-corrected chi connectivity index (χ4v) is 3.47. The van der Waals surface area contributed by atoms with Gasteiger partial charge in [0.15, 0.2) is 23.0 Å². The molecule has 186 valence electrons. The van der Waals surface area contributed by atoms with Gasteiger partial charge in [0.25, 0.3) is 0 Å². The second-order valence-electron chi connectivity index (χ2n) is 6.76.